The number of aryl methyl sites for hydroxylation is 2. The number of thiophene rings is 4. The second-order valence-electron chi connectivity index (χ2n) is 8.46. The molecule has 0 aliphatic heterocycles. The van der Waals surface area contributed by atoms with Crippen LogP contribution in [-0.4, -0.2) is 0 Å². The lowest BCUT2D eigenvalue weighted by molar-refractivity contribution is 0.670. The molecule has 0 N–H and O–H groups in total. The molecule has 4 aromatic heterocycles. The first-order chi connectivity index (χ1) is 14.8. The van der Waals surface area contributed by atoms with Crippen molar-refractivity contribution in [2.45, 2.75) is 78.1 Å². The maximum Gasteiger partial charge on any atom is 0.0542 e. The zero-order valence-corrected chi connectivity index (χ0v) is 21.3. The van der Waals surface area contributed by atoms with E-state index in [0.717, 1.165) is 0 Å². The van der Waals surface area contributed by atoms with Gasteiger partial charge in [-0.25, -0.2) is 0 Å². The highest BCUT2D eigenvalue weighted by molar-refractivity contribution is 7.38. The van der Waals surface area contributed by atoms with Crippen LogP contribution in [0.5, 0.6) is 0 Å². The van der Waals surface area contributed by atoms with Crippen LogP contribution in [0.3, 0.4) is 0 Å². The van der Waals surface area contributed by atoms with E-state index < -0.39 is 0 Å². The number of benzene rings is 1. The van der Waals surface area contributed by atoms with Gasteiger partial charge in [0.15, 0.2) is 0 Å². The summed E-state index contributed by atoms with van der Waals surface area (Å²) in [7, 11) is 0. The average molecular weight is 471 g/mol. The second kappa shape index (κ2) is 9.28. The number of fused-ring (bicyclic) bond motifs is 7. The molecule has 4 heterocycles. The van der Waals surface area contributed by atoms with Crippen LogP contribution in [-0.2, 0) is 12.8 Å². The van der Waals surface area contributed by atoms with Gasteiger partial charge >= 0.3 is 0 Å². The summed E-state index contributed by atoms with van der Waals surface area (Å²) in [5, 5.41) is 2.97. The Morgan fingerprint density at radius 1 is 0.533 bits per heavy atom. The van der Waals surface area contributed by atoms with Gasteiger partial charge < -0.3 is 0 Å². The van der Waals surface area contributed by atoms with Crippen LogP contribution in [0.15, 0.2) is 24.3 Å². The second-order valence-corrected chi connectivity index (χ2v) is 12.8. The van der Waals surface area contributed by atoms with E-state index in [1.807, 2.05) is 45.3 Å². The third kappa shape index (κ3) is 3.97. The average Bonchev–Trinajstić information content (AvgIpc) is 3.47. The van der Waals surface area contributed by atoms with Crippen LogP contribution in [0.1, 0.15) is 75.0 Å². The molecule has 0 unspecified atom stereocenters. The minimum atomic E-state index is 1.26. The third-order valence-corrected chi connectivity index (χ3v) is 11.3. The predicted octanol–water partition coefficient (Wildman–Crippen LogP) is 10.8. The van der Waals surface area contributed by atoms with Gasteiger partial charge in [-0.1, -0.05) is 64.5 Å². The fourth-order valence-corrected chi connectivity index (χ4v) is 9.90. The highest BCUT2D eigenvalue weighted by atomic mass is 32.1. The first kappa shape index (κ1) is 20.9. The van der Waals surface area contributed by atoms with Gasteiger partial charge in [-0.2, -0.15) is 0 Å². The number of hydrogen-bond acceptors (Lipinski definition) is 4. The molecule has 30 heavy (non-hydrogen) atoms. The molecule has 0 atom stereocenters. The molecule has 0 amide bonds. The SMILES string of the molecule is CCCCCCc1cc2sc3c(ccc4c5sc(CCCCCC)cc5sc43)c2s1. The summed E-state index contributed by atoms with van der Waals surface area (Å²) >= 11 is 8.13. The van der Waals surface area contributed by atoms with Crippen LogP contribution in [0.4, 0.5) is 0 Å². The molecule has 1 aromatic carbocycles. The van der Waals surface area contributed by atoms with Crippen LogP contribution >= 0.6 is 45.3 Å². The van der Waals surface area contributed by atoms with Crippen molar-refractivity contribution < 1.29 is 0 Å². The molecule has 0 saturated carbocycles. The van der Waals surface area contributed by atoms with Gasteiger partial charge in [-0.3, -0.25) is 0 Å². The van der Waals surface area contributed by atoms with Crippen molar-refractivity contribution in [3.05, 3.63) is 34.0 Å². The Morgan fingerprint density at radius 2 is 1.00 bits per heavy atom. The van der Waals surface area contributed by atoms with Gasteiger partial charge in [0.25, 0.3) is 0 Å². The fraction of sp³-hybridized carbons (Fsp3) is 0.462. The summed E-state index contributed by atoms with van der Waals surface area (Å²) in [6, 6.07) is 9.76. The number of rotatable bonds is 10. The summed E-state index contributed by atoms with van der Waals surface area (Å²) < 4.78 is 9.09. The van der Waals surface area contributed by atoms with E-state index in [1.54, 1.807) is 9.75 Å². The standard InChI is InChI=1S/C26H30S4/c1-3-5-7-9-11-17-15-21-23(27-17)19-13-14-20-24-22(30-26(20)25(19)29-21)16-18(28-24)12-10-8-6-4-2/h13-16H,3-12H2,1-2H3. The number of hydrogen-bond donors (Lipinski definition) is 0. The Morgan fingerprint density at radius 3 is 1.43 bits per heavy atom. The van der Waals surface area contributed by atoms with Crippen LogP contribution < -0.4 is 0 Å². The molecule has 0 fully saturated rings. The molecule has 0 nitrogen and oxygen atoms in total. The monoisotopic (exact) mass is 470 g/mol. The Balaban J connectivity index is 1.44. The van der Waals surface area contributed by atoms with Gasteiger partial charge in [0.05, 0.1) is 18.8 Å². The molecule has 5 aromatic rings. The molecule has 5 rings (SSSR count). The largest absolute Gasteiger partial charge is 0.139 e. The zero-order chi connectivity index (χ0) is 20.5. The molecule has 4 heteroatoms. The van der Waals surface area contributed by atoms with Crippen molar-refractivity contribution in [2.75, 3.05) is 0 Å². The Kier molecular flexibility index (Phi) is 6.47. The van der Waals surface area contributed by atoms with Crippen LogP contribution in [0, 0.1) is 0 Å². The molecule has 158 valence electrons. The normalized spacial score (nSPS) is 12.3. The predicted molar refractivity (Wildman–Crippen MR) is 144 cm³/mol. The molecule has 0 aliphatic carbocycles. The van der Waals surface area contributed by atoms with Crippen LogP contribution in [0.25, 0.3) is 39.0 Å². The zero-order valence-electron chi connectivity index (χ0n) is 18.0. The van der Waals surface area contributed by atoms with Gasteiger partial charge in [0.1, 0.15) is 0 Å². The van der Waals surface area contributed by atoms with Gasteiger partial charge in [-0.15, -0.1) is 45.3 Å². The van der Waals surface area contributed by atoms with E-state index in [4.69, 9.17) is 0 Å². The maximum absolute atomic E-state index is 2.48. The van der Waals surface area contributed by atoms with Crippen molar-refractivity contribution in [1.82, 2.24) is 0 Å². The van der Waals surface area contributed by atoms with E-state index in [2.05, 4.69) is 38.1 Å². The molecular weight excluding hydrogens is 441 g/mol. The van der Waals surface area contributed by atoms with Gasteiger partial charge in [0, 0.05) is 29.9 Å². The maximum atomic E-state index is 2.48. The quantitative estimate of drug-likeness (QED) is 0.178. The molecular formula is C26H30S4. The Hall–Kier alpha value is -0.940. The smallest absolute Gasteiger partial charge is 0.0542 e. The highest BCUT2D eigenvalue weighted by Gasteiger charge is 2.16. The van der Waals surface area contributed by atoms with Crippen molar-refractivity contribution in [2.24, 2.45) is 0 Å². The summed E-state index contributed by atoms with van der Waals surface area (Å²) in [4.78, 5) is 3.16. The fourth-order valence-electron chi connectivity index (χ4n) is 4.41. The molecule has 0 aliphatic rings. The first-order valence-corrected chi connectivity index (χ1v) is 14.8. The van der Waals surface area contributed by atoms with Crippen molar-refractivity contribution in [3.8, 4) is 0 Å². The molecule has 0 spiro atoms. The van der Waals surface area contributed by atoms with E-state index in [0.29, 0.717) is 0 Å². The van der Waals surface area contributed by atoms with E-state index in [1.165, 1.54) is 103 Å². The lowest BCUT2D eigenvalue weighted by Gasteiger charge is -1.98. The summed E-state index contributed by atoms with van der Waals surface area (Å²) in [5.41, 5.74) is 0. The van der Waals surface area contributed by atoms with Gasteiger partial charge in [-0.05, 0) is 37.8 Å². The molecule has 0 saturated heterocycles. The third-order valence-electron chi connectivity index (χ3n) is 6.08. The Bertz CT molecular complexity index is 1180. The molecule has 0 bridgehead atoms. The topological polar surface area (TPSA) is 0 Å². The minimum Gasteiger partial charge on any atom is -0.139 e. The van der Waals surface area contributed by atoms with E-state index >= 15 is 0 Å². The first-order valence-electron chi connectivity index (χ1n) is 11.6. The summed E-state index contributed by atoms with van der Waals surface area (Å²) in [6.45, 7) is 4.58. The lowest BCUT2D eigenvalue weighted by Crippen LogP contribution is -1.80. The number of unbranched alkanes of at least 4 members (excludes halogenated alkanes) is 6. The van der Waals surface area contributed by atoms with Gasteiger partial charge in [0.2, 0.25) is 0 Å². The van der Waals surface area contributed by atoms with Crippen LogP contribution in [0.2, 0.25) is 0 Å². The molecule has 0 radical (unpaired) electrons. The van der Waals surface area contributed by atoms with E-state index in [-0.39, 0.29) is 0 Å². The van der Waals surface area contributed by atoms with Crippen molar-refractivity contribution in [3.63, 3.8) is 0 Å². The minimum absolute atomic E-state index is 1.26. The van der Waals surface area contributed by atoms with Crippen molar-refractivity contribution >= 4 is 84.3 Å². The van der Waals surface area contributed by atoms with Crippen molar-refractivity contribution in [1.29, 1.82) is 0 Å². The summed E-state index contributed by atoms with van der Waals surface area (Å²) in [5.74, 6) is 0. The van der Waals surface area contributed by atoms with E-state index in [9.17, 15) is 0 Å². The highest BCUT2D eigenvalue weighted by Crippen LogP contribution is 2.48. The lowest BCUT2D eigenvalue weighted by atomic mass is 10.1. The Labute approximate surface area is 195 Å². The summed E-state index contributed by atoms with van der Waals surface area (Å²) in [6.07, 6.45) is 13.3.